The van der Waals surface area contributed by atoms with E-state index in [2.05, 4.69) is 0 Å². The zero-order valence-electron chi connectivity index (χ0n) is 6.99. The van der Waals surface area contributed by atoms with Crippen LogP contribution in [0.3, 0.4) is 0 Å². The Kier molecular flexibility index (Phi) is 3.98. The number of rotatable bonds is 3. The summed E-state index contributed by atoms with van der Waals surface area (Å²) in [6.07, 6.45) is 0. The average Bonchev–Trinajstić information content (AvgIpc) is 2.08. The molecule has 0 unspecified atom stereocenters. The molecule has 13 heavy (non-hydrogen) atoms. The van der Waals surface area contributed by atoms with Crippen molar-refractivity contribution in [3.05, 3.63) is 31.9 Å². The van der Waals surface area contributed by atoms with Crippen LogP contribution in [0.5, 0.6) is 0 Å². The van der Waals surface area contributed by atoms with Gasteiger partial charge in [0.1, 0.15) is 3.57 Å². The highest BCUT2D eigenvalue weighted by Gasteiger charge is 2.13. The summed E-state index contributed by atoms with van der Waals surface area (Å²) in [5, 5.41) is 10.6. The van der Waals surface area contributed by atoms with Crippen molar-refractivity contribution >= 4 is 40.0 Å². The Balaban J connectivity index is 3.10. The van der Waals surface area contributed by atoms with E-state index in [4.69, 9.17) is 0 Å². The number of thioether (sulfide) groups is 1. The van der Waals surface area contributed by atoms with Gasteiger partial charge in [0, 0.05) is 11.0 Å². The van der Waals surface area contributed by atoms with Crippen LogP contribution in [-0.2, 0) is 0 Å². The topological polar surface area (TPSA) is 43.1 Å². The quantitative estimate of drug-likeness (QED) is 0.372. The Labute approximate surface area is 94.2 Å². The second kappa shape index (κ2) is 4.80. The largest absolute Gasteiger partial charge is 0.283 e. The average molecular weight is 309 g/mol. The van der Waals surface area contributed by atoms with Gasteiger partial charge in [-0.3, -0.25) is 10.1 Å². The van der Waals surface area contributed by atoms with Crippen LogP contribution in [0.2, 0.25) is 0 Å². The predicted molar refractivity (Wildman–Crippen MR) is 62.2 cm³/mol. The Morgan fingerprint density at radius 1 is 1.62 bits per heavy atom. The first-order valence-corrected chi connectivity index (χ1v) is 5.79. The van der Waals surface area contributed by atoms with E-state index in [0.717, 1.165) is 14.2 Å². The Morgan fingerprint density at radius 2 is 2.31 bits per heavy atom. The number of hydrogen-bond acceptors (Lipinski definition) is 3. The number of hydrogen-bond donors (Lipinski definition) is 0. The van der Waals surface area contributed by atoms with Gasteiger partial charge in [0.2, 0.25) is 0 Å². The molecule has 1 aromatic carbocycles. The molecule has 1 rings (SSSR count). The molecule has 0 fully saturated rings. The fourth-order valence-corrected chi connectivity index (χ4v) is 2.65. The minimum Gasteiger partial charge on any atom is -0.258 e. The molecule has 0 saturated heterocycles. The maximum atomic E-state index is 10.6. The number of nitrogens with zero attached hydrogens (tertiary/aromatic N) is 1. The van der Waals surface area contributed by atoms with Crippen LogP contribution in [0.25, 0.3) is 0 Å². The van der Waals surface area contributed by atoms with Gasteiger partial charge in [0.05, 0.1) is 4.92 Å². The molecule has 0 bridgehead atoms. The fourth-order valence-electron chi connectivity index (χ4n) is 0.907. The van der Waals surface area contributed by atoms with Crippen molar-refractivity contribution < 1.29 is 4.92 Å². The van der Waals surface area contributed by atoms with Crippen LogP contribution in [0.15, 0.2) is 23.1 Å². The third-order valence-electron chi connectivity index (χ3n) is 1.44. The third kappa shape index (κ3) is 2.57. The summed E-state index contributed by atoms with van der Waals surface area (Å²) in [5.74, 6) is 0.928. The van der Waals surface area contributed by atoms with E-state index in [1.54, 1.807) is 17.8 Å². The van der Waals surface area contributed by atoms with Crippen molar-refractivity contribution in [2.75, 3.05) is 5.75 Å². The summed E-state index contributed by atoms with van der Waals surface area (Å²) in [6, 6.07) is 5.16. The molecule has 0 spiro atoms. The molecule has 0 aliphatic heterocycles. The maximum Gasteiger partial charge on any atom is 0.283 e. The molecule has 0 amide bonds. The molecule has 0 atom stereocenters. The summed E-state index contributed by atoms with van der Waals surface area (Å²) in [7, 11) is 0. The zero-order chi connectivity index (χ0) is 9.84. The highest BCUT2D eigenvalue weighted by molar-refractivity contribution is 14.1. The van der Waals surface area contributed by atoms with E-state index < -0.39 is 0 Å². The molecular weight excluding hydrogens is 301 g/mol. The van der Waals surface area contributed by atoms with Gasteiger partial charge in [0.25, 0.3) is 5.69 Å². The normalized spacial score (nSPS) is 10.0. The van der Waals surface area contributed by atoms with E-state index in [0.29, 0.717) is 0 Å². The van der Waals surface area contributed by atoms with Gasteiger partial charge in [-0.25, -0.2) is 0 Å². The molecule has 0 aromatic heterocycles. The third-order valence-corrected chi connectivity index (χ3v) is 3.88. The van der Waals surface area contributed by atoms with Crippen molar-refractivity contribution in [2.24, 2.45) is 0 Å². The van der Waals surface area contributed by atoms with Gasteiger partial charge >= 0.3 is 0 Å². The molecule has 0 N–H and O–H groups in total. The van der Waals surface area contributed by atoms with Crippen LogP contribution in [0, 0.1) is 13.7 Å². The molecule has 5 heteroatoms. The highest BCUT2D eigenvalue weighted by Crippen LogP contribution is 2.30. The predicted octanol–water partition coefficient (Wildman–Crippen LogP) is 3.31. The van der Waals surface area contributed by atoms with Crippen LogP contribution in [0.1, 0.15) is 6.92 Å². The first-order valence-electron chi connectivity index (χ1n) is 3.72. The van der Waals surface area contributed by atoms with E-state index in [9.17, 15) is 10.1 Å². The van der Waals surface area contributed by atoms with Crippen LogP contribution < -0.4 is 0 Å². The van der Waals surface area contributed by atoms with Gasteiger partial charge in [-0.2, -0.15) is 0 Å². The Hall–Kier alpha value is -0.300. The van der Waals surface area contributed by atoms with E-state index >= 15 is 0 Å². The molecule has 0 aliphatic carbocycles. The zero-order valence-corrected chi connectivity index (χ0v) is 9.96. The fraction of sp³-hybridized carbons (Fsp3) is 0.250. The number of benzene rings is 1. The van der Waals surface area contributed by atoms with Crippen LogP contribution in [-0.4, -0.2) is 10.7 Å². The van der Waals surface area contributed by atoms with Gasteiger partial charge in [-0.1, -0.05) is 13.0 Å². The first kappa shape index (κ1) is 10.8. The lowest BCUT2D eigenvalue weighted by atomic mass is 10.3. The number of halogens is 1. The summed E-state index contributed by atoms with van der Waals surface area (Å²) in [5.41, 5.74) is 0.194. The van der Waals surface area contributed by atoms with E-state index in [1.807, 2.05) is 35.6 Å². The summed E-state index contributed by atoms with van der Waals surface area (Å²) in [6.45, 7) is 2.03. The molecule has 70 valence electrons. The maximum absolute atomic E-state index is 10.6. The van der Waals surface area contributed by atoms with Gasteiger partial charge in [0.15, 0.2) is 0 Å². The van der Waals surface area contributed by atoms with E-state index in [-0.39, 0.29) is 10.6 Å². The minimum atomic E-state index is -0.346. The number of nitro groups is 1. The van der Waals surface area contributed by atoms with Gasteiger partial charge in [-0.05, 0) is 34.4 Å². The molecular formula is C8H8INO2S. The lowest BCUT2D eigenvalue weighted by Crippen LogP contribution is -1.92. The molecule has 3 nitrogen and oxygen atoms in total. The van der Waals surface area contributed by atoms with Gasteiger partial charge < -0.3 is 0 Å². The van der Waals surface area contributed by atoms with Crippen molar-refractivity contribution in [3.8, 4) is 0 Å². The summed E-state index contributed by atoms with van der Waals surface area (Å²) in [4.78, 5) is 11.2. The van der Waals surface area contributed by atoms with Crippen molar-refractivity contribution in [2.45, 2.75) is 11.8 Å². The standard InChI is InChI=1S/C8H8INO2S/c1-2-13-7-5-3-4-6(8(7)9)10(11)12/h3-5H,2H2,1H3. The van der Waals surface area contributed by atoms with Crippen molar-refractivity contribution in [1.29, 1.82) is 0 Å². The summed E-state index contributed by atoms with van der Waals surface area (Å²) < 4.78 is 0.733. The molecule has 0 heterocycles. The minimum absolute atomic E-state index is 0.194. The Morgan fingerprint density at radius 3 is 2.85 bits per heavy atom. The van der Waals surface area contributed by atoms with E-state index in [1.165, 1.54) is 6.07 Å². The smallest absolute Gasteiger partial charge is 0.258 e. The first-order chi connectivity index (χ1) is 6.16. The second-order valence-electron chi connectivity index (χ2n) is 2.28. The highest BCUT2D eigenvalue weighted by atomic mass is 127. The number of nitro benzene ring substituents is 1. The lowest BCUT2D eigenvalue weighted by Gasteiger charge is -2.01. The Bertz CT molecular complexity index is 330. The summed E-state index contributed by atoms with van der Waals surface area (Å²) >= 11 is 3.64. The lowest BCUT2D eigenvalue weighted by molar-refractivity contribution is -0.386. The molecule has 0 radical (unpaired) electrons. The van der Waals surface area contributed by atoms with Crippen molar-refractivity contribution in [1.82, 2.24) is 0 Å². The molecule has 0 aliphatic rings. The van der Waals surface area contributed by atoms with Crippen molar-refractivity contribution in [3.63, 3.8) is 0 Å². The molecule has 0 saturated carbocycles. The van der Waals surface area contributed by atoms with Crippen LogP contribution in [0.4, 0.5) is 5.69 Å². The van der Waals surface area contributed by atoms with Crippen LogP contribution >= 0.6 is 34.4 Å². The van der Waals surface area contributed by atoms with Gasteiger partial charge in [-0.15, -0.1) is 11.8 Å². The SMILES string of the molecule is CCSc1cccc([N+](=O)[O-])c1I. The monoisotopic (exact) mass is 309 g/mol. The molecule has 1 aromatic rings. The second-order valence-corrected chi connectivity index (χ2v) is 4.66.